The largest absolute Gasteiger partial charge is 0.478 e. The molecule has 0 aliphatic carbocycles. The van der Waals surface area contributed by atoms with Crippen molar-refractivity contribution in [3.05, 3.63) is 23.9 Å². The number of carboxylic acids is 1. The highest BCUT2D eigenvalue weighted by atomic mass is 16.4. The van der Waals surface area contributed by atoms with Crippen molar-refractivity contribution < 1.29 is 9.90 Å². The minimum atomic E-state index is -0.930. The number of hydrogen-bond donors (Lipinski definition) is 2. The number of hydrazine groups is 1. The van der Waals surface area contributed by atoms with Gasteiger partial charge in [-0.1, -0.05) is 6.42 Å². The average Bonchev–Trinajstić information content (AvgIpc) is 2.34. The van der Waals surface area contributed by atoms with E-state index in [4.69, 9.17) is 5.11 Å². The molecule has 18 heavy (non-hydrogen) atoms. The summed E-state index contributed by atoms with van der Waals surface area (Å²) in [5.41, 5.74) is 3.49. The molecular weight excluding hydrogens is 230 g/mol. The van der Waals surface area contributed by atoms with E-state index in [1.54, 1.807) is 6.07 Å². The molecule has 1 aliphatic rings. The van der Waals surface area contributed by atoms with E-state index in [1.165, 1.54) is 18.7 Å². The molecule has 5 heteroatoms. The SMILES string of the molecule is CC1CCCC(C)N1Nc1cc(C(=O)O)ccn1. The molecule has 5 nitrogen and oxygen atoms in total. The summed E-state index contributed by atoms with van der Waals surface area (Å²) >= 11 is 0. The van der Waals surface area contributed by atoms with Crippen molar-refractivity contribution in [2.75, 3.05) is 5.43 Å². The van der Waals surface area contributed by atoms with Crippen LogP contribution in [-0.2, 0) is 0 Å². The molecular formula is C13H19N3O2. The van der Waals surface area contributed by atoms with E-state index < -0.39 is 5.97 Å². The summed E-state index contributed by atoms with van der Waals surface area (Å²) in [4.78, 5) is 15.1. The molecule has 0 bridgehead atoms. The molecule has 0 spiro atoms. The number of hydrogen-bond acceptors (Lipinski definition) is 4. The van der Waals surface area contributed by atoms with Crippen LogP contribution >= 0.6 is 0 Å². The number of carbonyl (C=O) groups is 1. The first-order chi connectivity index (χ1) is 8.58. The van der Waals surface area contributed by atoms with Gasteiger partial charge in [0.1, 0.15) is 5.82 Å². The van der Waals surface area contributed by atoms with Crippen LogP contribution in [0, 0.1) is 0 Å². The van der Waals surface area contributed by atoms with E-state index in [2.05, 4.69) is 29.3 Å². The van der Waals surface area contributed by atoms with Gasteiger partial charge in [0.2, 0.25) is 0 Å². The molecule has 98 valence electrons. The van der Waals surface area contributed by atoms with Crippen molar-refractivity contribution >= 4 is 11.8 Å². The molecule has 1 aromatic rings. The maximum atomic E-state index is 10.9. The minimum Gasteiger partial charge on any atom is -0.478 e. The molecule has 1 aliphatic heterocycles. The lowest BCUT2D eigenvalue weighted by molar-refractivity contribution is 0.0696. The molecule has 1 aromatic heterocycles. The third-order valence-electron chi connectivity index (χ3n) is 3.44. The van der Waals surface area contributed by atoms with Crippen LogP contribution in [-0.4, -0.2) is 33.2 Å². The number of nitrogens with one attached hydrogen (secondary N) is 1. The van der Waals surface area contributed by atoms with Crippen LogP contribution in [0.2, 0.25) is 0 Å². The fraction of sp³-hybridized carbons (Fsp3) is 0.538. The number of aromatic carboxylic acids is 1. The first-order valence-corrected chi connectivity index (χ1v) is 6.32. The van der Waals surface area contributed by atoms with Gasteiger partial charge in [0.05, 0.1) is 5.56 Å². The summed E-state index contributed by atoms with van der Waals surface area (Å²) in [6.07, 6.45) is 5.06. The second-order valence-corrected chi connectivity index (χ2v) is 4.88. The van der Waals surface area contributed by atoms with E-state index in [9.17, 15) is 4.79 Å². The smallest absolute Gasteiger partial charge is 0.335 e. The summed E-state index contributed by atoms with van der Waals surface area (Å²) in [5.74, 6) is -0.337. The number of nitrogens with zero attached hydrogens (tertiary/aromatic N) is 2. The highest BCUT2D eigenvalue weighted by Crippen LogP contribution is 2.22. The van der Waals surface area contributed by atoms with Gasteiger partial charge in [0, 0.05) is 18.3 Å². The molecule has 1 saturated heterocycles. The van der Waals surface area contributed by atoms with Gasteiger partial charge in [-0.15, -0.1) is 0 Å². The normalized spacial score (nSPS) is 24.8. The zero-order valence-corrected chi connectivity index (χ0v) is 10.8. The zero-order chi connectivity index (χ0) is 13.1. The maximum absolute atomic E-state index is 10.9. The molecule has 2 N–H and O–H groups in total. The van der Waals surface area contributed by atoms with Crippen LogP contribution in [0.15, 0.2) is 18.3 Å². The van der Waals surface area contributed by atoms with Gasteiger partial charge in [-0.3, -0.25) is 0 Å². The lowest BCUT2D eigenvalue weighted by atomic mass is 10.00. The fourth-order valence-corrected chi connectivity index (χ4v) is 2.40. The molecule has 0 aromatic carbocycles. The molecule has 0 radical (unpaired) electrons. The van der Waals surface area contributed by atoms with Crippen LogP contribution in [0.5, 0.6) is 0 Å². The Labute approximate surface area is 107 Å². The summed E-state index contributed by atoms with van der Waals surface area (Å²) in [6.45, 7) is 4.34. The van der Waals surface area contributed by atoms with E-state index in [0.29, 0.717) is 17.9 Å². The molecule has 2 unspecified atom stereocenters. The van der Waals surface area contributed by atoms with Gasteiger partial charge >= 0.3 is 5.97 Å². The van der Waals surface area contributed by atoms with Crippen LogP contribution in [0.25, 0.3) is 0 Å². The monoisotopic (exact) mass is 249 g/mol. The van der Waals surface area contributed by atoms with Gasteiger partial charge < -0.3 is 10.5 Å². The van der Waals surface area contributed by atoms with E-state index >= 15 is 0 Å². The third kappa shape index (κ3) is 2.79. The standard InChI is InChI=1S/C13H19N3O2/c1-9-4-3-5-10(2)16(9)15-12-8-11(13(17)18)6-7-14-12/h6-10H,3-5H2,1-2H3,(H,14,15)(H,17,18). The number of aromatic nitrogens is 1. The summed E-state index contributed by atoms with van der Waals surface area (Å²) in [7, 11) is 0. The maximum Gasteiger partial charge on any atom is 0.335 e. The second kappa shape index (κ2) is 5.35. The van der Waals surface area contributed by atoms with Crippen LogP contribution < -0.4 is 5.43 Å². The quantitative estimate of drug-likeness (QED) is 0.861. The second-order valence-electron chi connectivity index (χ2n) is 4.88. The molecule has 1 fully saturated rings. The highest BCUT2D eigenvalue weighted by Gasteiger charge is 2.24. The summed E-state index contributed by atoms with van der Waals surface area (Å²) in [5, 5.41) is 11.1. The van der Waals surface area contributed by atoms with E-state index in [1.807, 2.05) is 0 Å². The van der Waals surface area contributed by atoms with Gasteiger partial charge in [0.15, 0.2) is 0 Å². The summed E-state index contributed by atoms with van der Waals surface area (Å²) < 4.78 is 0. The van der Waals surface area contributed by atoms with E-state index in [-0.39, 0.29) is 5.56 Å². The number of rotatable bonds is 3. The molecule has 0 amide bonds. The van der Waals surface area contributed by atoms with Gasteiger partial charge in [-0.25, -0.2) is 14.8 Å². The Bertz CT molecular complexity index is 426. The Balaban J connectivity index is 2.12. The number of carboxylic acid groups (broad SMARTS) is 1. The average molecular weight is 249 g/mol. The van der Waals surface area contributed by atoms with Crippen LogP contribution in [0.4, 0.5) is 5.82 Å². The zero-order valence-electron chi connectivity index (χ0n) is 10.8. The molecule has 0 saturated carbocycles. The van der Waals surface area contributed by atoms with Crippen molar-refractivity contribution in [1.82, 2.24) is 9.99 Å². The van der Waals surface area contributed by atoms with Crippen molar-refractivity contribution in [2.45, 2.75) is 45.2 Å². The van der Waals surface area contributed by atoms with Crippen LogP contribution in [0.1, 0.15) is 43.5 Å². The minimum absolute atomic E-state index is 0.254. The Hall–Kier alpha value is -1.62. The molecule has 2 rings (SSSR count). The van der Waals surface area contributed by atoms with Crippen molar-refractivity contribution in [2.24, 2.45) is 0 Å². The topological polar surface area (TPSA) is 65.5 Å². The van der Waals surface area contributed by atoms with Gasteiger partial charge in [0.25, 0.3) is 0 Å². The fourth-order valence-electron chi connectivity index (χ4n) is 2.40. The van der Waals surface area contributed by atoms with Crippen molar-refractivity contribution in [3.63, 3.8) is 0 Å². The lowest BCUT2D eigenvalue weighted by Gasteiger charge is -2.39. The predicted octanol–water partition coefficient (Wildman–Crippen LogP) is 2.37. The van der Waals surface area contributed by atoms with Crippen molar-refractivity contribution in [1.29, 1.82) is 0 Å². The number of piperidine rings is 1. The predicted molar refractivity (Wildman–Crippen MR) is 69.4 cm³/mol. The molecule has 2 atom stereocenters. The summed E-state index contributed by atoms with van der Waals surface area (Å²) in [6, 6.07) is 3.93. The Morgan fingerprint density at radius 2 is 2.11 bits per heavy atom. The van der Waals surface area contributed by atoms with Crippen molar-refractivity contribution in [3.8, 4) is 0 Å². The highest BCUT2D eigenvalue weighted by molar-refractivity contribution is 5.88. The third-order valence-corrected chi connectivity index (χ3v) is 3.44. The lowest BCUT2D eigenvalue weighted by Crippen LogP contribution is -2.47. The first kappa shape index (κ1) is 12.8. The number of pyridine rings is 1. The first-order valence-electron chi connectivity index (χ1n) is 6.32. The Kier molecular flexibility index (Phi) is 3.81. The molecule has 2 heterocycles. The Morgan fingerprint density at radius 3 is 2.72 bits per heavy atom. The van der Waals surface area contributed by atoms with Gasteiger partial charge in [-0.05, 0) is 38.8 Å². The van der Waals surface area contributed by atoms with Crippen LogP contribution in [0.3, 0.4) is 0 Å². The van der Waals surface area contributed by atoms with E-state index in [0.717, 1.165) is 12.8 Å². The van der Waals surface area contributed by atoms with Gasteiger partial charge in [-0.2, -0.15) is 0 Å². The number of anilines is 1. The Morgan fingerprint density at radius 1 is 1.44 bits per heavy atom.